The van der Waals surface area contributed by atoms with Gasteiger partial charge in [-0.25, -0.2) is 0 Å². The topological polar surface area (TPSA) is 0 Å². The van der Waals surface area contributed by atoms with Crippen LogP contribution >= 0.6 is 0 Å². The molecule has 0 N–H and O–H groups in total. The van der Waals surface area contributed by atoms with Crippen LogP contribution in [0.3, 0.4) is 0 Å². The molecule has 0 radical (unpaired) electrons. The fraction of sp³-hybridized carbons (Fsp3) is 0.310. The number of fused-ring (bicyclic) bond motifs is 4. The summed E-state index contributed by atoms with van der Waals surface area (Å²) in [7, 11) is 0. The van der Waals surface area contributed by atoms with Gasteiger partial charge in [0.05, 0.1) is 0 Å². The van der Waals surface area contributed by atoms with Crippen LogP contribution < -0.4 is 0 Å². The largest absolute Gasteiger partial charge is 0.0726 e. The van der Waals surface area contributed by atoms with Crippen LogP contribution in [0.5, 0.6) is 0 Å². The zero-order valence-electron chi connectivity index (χ0n) is 18.0. The van der Waals surface area contributed by atoms with E-state index in [1.165, 1.54) is 50.1 Å². The second-order valence-electron chi connectivity index (χ2n) is 9.18. The summed E-state index contributed by atoms with van der Waals surface area (Å²) >= 11 is 0. The first-order valence-electron chi connectivity index (χ1n) is 11.1. The van der Waals surface area contributed by atoms with E-state index in [1.807, 2.05) is 0 Å². The number of allylic oxidation sites excluding steroid dienone is 8. The molecule has 2 aromatic carbocycles. The molecule has 0 saturated heterocycles. The lowest BCUT2D eigenvalue weighted by Gasteiger charge is -2.26. The highest BCUT2D eigenvalue weighted by atomic mass is 14.3. The van der Waals surface area contributed by atoms with Crippen LogP contribution in [0.1, 0.15) is 58.1 Å². The van der Waals surface area contributed by atoms with Gasteiger partial charge in [0, 0.05) is 0 Å². The predicted octanol–water partition coefficient (Wildman–Crippen LogP) is 8.46. The van der Waals surface area contributed by atoms with E-state index in [9.17, 15) is 0 Å². The molecule has 146 valence electrons. The Hall–Kier alpha value is -2.60. The van der Waals surface area contributed by atoms with Crippen molar-refractivity contribution in [1.29, 1.82) is 0 Å². The van der Waals surface area contributed by atoms with E-state index < -0.39 is 0 Å². The van der Waals surface area contributed by atoms with E-state index in [0.717, 1.165) is 19.3 Å². The molecule has 2 aromatic rings. The summed E-state index contributed by atoms with van der Waals surface area (Å²) in [4.78, 5) is 0. The third-order valence-corrected chi connectivity index (χ3v) is 7.20. The van der Waals surface area contributed by atoms with E-state index >= 15 is 0 Å². The highest BCUT2D eigenvalue weighted by molar-refractivity contribution is 6.04. The van der Waals surface area contributed by atoms with Gasteiger partial charge in [0.1, 0.15) is 0 Å². The molecular formula is C29H30. The highest BCUT2D eigenvalue weighted by Crippen LogP contribution is 2.49. The van der Waals surface area contributed by atoms with E-state index in [2.05, 4.69) is 88.4 Å². The van der Waals surface area contributed by atoms with Crippen LogP contribution in [0.15, 0.2) is 71.8 Å². The highest BCUT2D eigenvalue weighted by Gasteiger charge is 2.25. The van der Waals surface area contributed by atoms with E-state index in [1.54, 1.807) is 5.57 Å². The minimum Gasteiger partial charge on any atom is -0.0726 e. The SMILES string of the molecule is CCC1=CC=C(c2ccc3c(c2)-c2ccc(C4=CCC(C(C)C(C)C)=C4)cc2-3)C1. The third kappa shape index (κ3) is 3.06. The van der Waals surface area contributed by atoms with Crippen molar-refractivity contribution in [2.75, 3.05) is 0 Å². The second-order valence-corrected chi connectivity index (χ2v) is 9.18. The van der Waals surface area contributed by atoms with Crippen LogP contribution in [-0.4, -0.2) is 0 Å². The zero-order valence-corrected chi connectivity index (χ0v) is 18.0. The molecule has 1 atom stereocenters. The lowest BCUT2D eigenvalue weighted by molar-refractivity contribution is 0.475. The van der Waals surface area contributed by atoms with Crippen LogP contribution in [0, 0.1) is 11.8 Å². The fourth-order valence-corrected chi connectivity index (χ4v) is 4.83. The summed E-state index contributed by atoms with van der Waals surface area (Å²) in [6.07, 6.45) is 12.8. The van der Waals surface area contributed by atoms with E-state index in [0.29, 0.717) is 11.8 Å². The monoisotopic (exact) mass is 378 g/mol. The molecule has 5 rings (SSSR count). The van der Waals surface area contributed by atoms with Gasteiger partial charge in [-0.2, -0.15) is 0 Å². The smallest absolute Gasteiger partial charge is 0.00581 e. The average Bonchev–Trinajstić information content (AvgIpc) is 3.40. The minimum absolute atomic E-state index is 0.655. The van der Waals surface area contributed by atoms with Crippen molar-refractivity contribution in [1.82, 2.24) is 0 Å². The molecule has 0 aromatic heterocycles. The Morgan fingerprint density at radius 1 is 0.828 bits per heavy atom. The summed E-state index contributed by atoms with van der Waals surface area (Å²) in [5, 5.41) is 0. The summed E-state index contributed by atoms with van der Waals surface area (Å²) in [6.45, 7) is 9.24. The Morgan fingerprint density at radius 2 is 1.52 bits per heavy atom. The number of benzene rings is 2. The maximum atomic E-state index is 2.43. The molecule has 0 saturated carbocycles. The van der Waals surface area contributed by atoms with Gasteiger partial charge in [0.2, 0.25) is 0 Å². The Balaban J connectivity index is 1.39. The van der Waals surface area contributed by atoms with Crippen molar-refractivity contribution < 1.29 is 0 Å². The number of rotatable bonds is 5. The lowest BCUT2D eigenvalue weighted by Crippen LogP contribution is -2.05. The van der Waals surface area contributed by atoms with Crippen LogP contribution in [0.2, 0.25) is 0 Å². The third-order valence-electron chi connectivity index (χ3n) is 7.20. The van der Waals surface area contributed by atoms with Gasteiger partial charge < -0.3 is 0 Å². The van der Waals surface area contributed by atoms with Gasteiger partial charge in [-0.05, 0) is 87.8 Å². The van der Waals surface area contributed by atoms with Gasteiger partial charge in [0.15, 0.2) is 0 Å². The molecule has 0 fully saturated rings. The van der Waals surface area contributed by atoms with Gasteiger partial charge in [-0.15, -0.1) is 0 Å². The molecule has 0 aliphatic heterocycles. The van der Waals surface area contributed by atoms with Crippen molar-refractivity contribution in [3.05, 3.63) is 83.0 Å². The molecule has 0 heteroatoms. The summed E-state index contributed by atoms with van der Waals surface area (Å²) in [5.41, 5.74) is 14.4. The molecule has 0 heterocycles. The second kappa shape index (κ2) is 7.02. The Bertz CT molecular complexity index is 1110. The van der Waals surface area contributed by atoms with Crippen LogP contribution in [0.25, 0.3) is 33.4 Å². The van der Waals surface area contributed by atoms with Crippen molar-refractivity contribution in [2.24, 2.45) is 11.8 Å². The van der Waals surface area contributed by atoms with E-state index in [-0.39, 0.29) is 0 Å². The number of hydrogen-bond acceptors (Lipinski definition) is 0. The summed E-state index contributed by atoms with van der Waals surface area (Å²) < 4.78 is 0. The maximum absolute atomic E-state index is 2.43. The maximum Gasteiger partial charge on any atom is -0.00581 e. The Kier molecular flexibility index (Phi) is 4.46. The Morgan fingerprint density at radius 3 is 2.17 bits per heavy atom. The van der Waals surface area contributed by atoms with Gasteiger partial charge in [-0.1, -0.05) is 87.4 Å². The predicted molar refractivity (Wildman–Crippen MR) is 127 cm³/mol. The number of hydrogen-bond donors (Lipinski definition) is 0. The average molecular weight is 379 g/mol. The minimum atomic E-state index is 0.655. The first-order valence-corrected chi connectivity index (χ1v) is 11.1. The molecule has 0 spiro atoms. The normalized spacial score (nSPS) is 17.8. The molecule has 0 bridgehead atoms. The molecule has 3 aliphatic carbocycles. The van der Waals surface area contributed by atoms with Crippen LogP contribution in [-0.2, 0) is 0 Å². The van der Waals surface area contributed by atoms with Crippen molar-refractivity contribution in [3.8, 4) is 22.3 Å². The Labute approximate surface area is 175 Å². The van der Waals surface area contributed by atoms with Crippen LogP contribution in [0.4, 0.5) is 0 Å². The molecule has 1 unspecified atom stereocenters. The molecule has 3 aliphatic rings. The lowest BCUT2D eigenvalue weighted by atomic mass is 9.78. The summed E-state index contributed by atoms with van der Waals surface area (Å²) in [5.74, 6) is 1.35. The first kappa shape index (κ1) is 18.4. The van der Waals surface area contributed by atoms with Crippen molar-refractivity contribution >= 4 is 11.1 Å². The van der Waals surface area contributed by atoms with E-state index in [4.69, 9.17) is 0 Å². The molecule has 0 nitrogen and oxygen atoms in total. The molecule has 29 heavy (non-hydrogen) atoms. The van der Waals surface area contributed by atoms with Gasteiger partial charge in [0.25, 0.3) is 0 Å². The summed E-state index contributed by atoms with van der Waals surface area (Å²) in [6, 6.07) is 14.1. The standard InChI is InChI=1S/C29H30/c1-5-20-6-7-22(14-20)24-10-12-26-28(16-24)27-13-11-25(17-29(26)27)23-9-8-21(15-23)19(4)18(2)3/h6-7,9-13,15-19H,5,8,14H2,1-4H3. The first-order chi connectivity index (χ1) is 14.0. The fourth-order valence-electron chi connectivity index (χ4n) is 4.83. The molecular weight excluding hydrogens is 348 g/mol. The van der Waals surface area contributed by atoms with Crippen molar-refractivity contribution in [3.63, 3.8) is 0 Å². The van der Waals surface area contributed by atoms with Gasteiger partial charge in [-0.3, -0.25) is 0 Å². The van der Waals surface area contributed by atoms with Crippen molar-refractivity contribution in [2.45, 2.75) is 47.0 Å². The quantitative estimate of drug-likeness (QED) is 0.417. The zero-order chi connectivity index (χ0) is 20.1. The molecule has 0 amide bonds. The van der Waals surface area contributed by atoms with Gasteiger partial charge >= 0.3 is 0 Å².